The van der Waals surface area contributed by atoms with Crippen molar-refractivity contribution in [3.8, 4) is 28.7 Å². The number of nitrogens with zero attached hydrogens (tertiary/aromatic N) is 3. The predicted molar refractivity (Wildman–Crippen MR) is 113 cm³/mol. The second kappa shape index (κ2) is 7.05. The fourth-order valence-corrected chi connectivity index (χ4v) is 4.47. The lowest BCUT2D eigenvalue weighted by Crippen LogP contribution is -2.45. The minimum atomic E-state index is -0.469. The molecule has 158 valence electrons. The Morgan fingerprint density at radius 2 is 2.06 bits per heavy atom. The van der Waals surface area contributed by atoms with Gasteiger partial charge in [0.05, 0.1) is 29.9 Å². The summed E-state index contributed by atoms with van der Waals surface area (Å²) in [5, 5.41) is 4.57. The molecule has 5 heterocycles. The zero-order valence-electron chi connectivity index (χ0n) is 16.7. The van der Waals surface area contributed by atoms with Crippen LogP contribution in [0.2, 0.25) is 5.02 Å². The molecule has 0 aliphatic carbocycles. The molecule has 9 heteroatoms. The lowest BCUT2D eigenvalue weighted by molar-refractivity contribution is -0.0551. The van der Waals surface area contributed by atoms with Crippen LogP contribution in [0.15, 0.2) is 47.0 Å². The smallest absolute Gasteiger partial charge is 0.296 e. The van der Waals surface area contributed by atoms with Gasteiger partial charge in [0.25, 0.3) is 6.01 Å². The third-order valence-electron chi connectivity index (χ3n) is 5.99. The zero-order valence-corrected chi connectivity index (χ0v) is 17.4. The van der Waals surface area contributed by atoms with Crippen molar-refractivity contribution in [3.05, 3.63) is 47.5 Å². The average Bonchev–Trinajstić information content (AvgIpc) is 3.53. The third kappa shape index (κ3) is 3.10. The van der Waals surface area contributed by atoms with Gasteiger partial charge in [-0.25, -0.2) is 4.98 Å². The number of hydrogen-bond donors (Lipinski definition) is 1. The number of halogens is 1. The highest BCUT2D eigenvalue weighted by Crippen LogP contribution is 2.39. The van der Waals surface area contributed by atoms with Crippen molar-refractivity contribution >= 4 is 22.8 Å². The molecule has 31 heavy (non-hydrogen) atoms. The van der Waals surface area contributed by atoms with Gasteiger partial charge in [-0.2, -0.15) is 4.98 Å². The maximum atomic E-state index is 6.49. The molecule has 2 saturated heterocycles. The van der Waals surface area contributed by atoms with E-state index >= 15 is 0 Å². The van der Waals surface area contributed by atoms with Gasteiger partial charge in [0.1, 0.15) is 17.0 Å². The van der Waals surface area contributed by atoms with Crippen molar-refractivity contribution < 1.29 is 18.7 Å². The number of imidazole rings is 1. The van der Waals surface area contributed by atoms with E-state index in [0.717, 1.165) is 12.0 Å². The molecule has 2 fully saturated rings. The molecule has 1 N–H and O–H groups in total. The lowest BCUT2D eigenvalue weighted by atomic mass is 9.96. The van der Waals surface area contributed by atoms with Crippen molar-refractivity contribution in [1.29, 1.82) is 0 Å². The number of H-pyrrole nitrogens is 1. The summed E-state index contributed by atoms with van der Waals surface area (Å²) in [5.41, 5.74) is 2.80. The zero-order chi connectivity index (χ0) is 21.0. The van der Waals surface area contributed by atoms with Crippen LogP contribution >= 0.6 is 11.6 Å². The summed E-state index contributed by atoms with van der Waals surface area (Å²) < 4.78 is 23.3. The number of aromatic amines is 1. The number of nitrogens with one attached hydrogen (secondary N) is 1. The van der Waals surface area contributed by atoms with Crippen molar-refractivity contribution in [2.45, 2.75) is 31.2 Å². The molecule has 0 radical (unpaired) electrons. The van der Waals surface area contributed by atoms with Crippen LogP contribution in [-0.2, 0) is 9.47 Å². The Morgan fingerprint density at radius 3 is 2.94 bits per heavy atom. The molecular weight excluding hydrogens is 420 g/mol. The molecule has 0 bridgehead atoms. The quantitative estimate of drug-likeness (QED) is 0.508. The minimum Gasteiger partial charge on any atom is -0.456 e. The molecule has 3 atom stereocenters. The van der Waals surface area contributed by atoms with E-state index in [1.54, 1.807) is 6.07 Å². The van der Waals surface area contributed by atoms with E-state index in [-0.39, 0.29) is 12.2 Å². The molecule has 0 saturated carbocycles. The summed E-state index contributed by atoms with van der Waals surface area (Å²) in [4.78, 5) is 12.2. The van der Waals surface area contributed by atoms with Crippen molar-refractivity contribution in [2.24, 2.45) is 0 Å². The average molecular weight is 439 g/mol. The molecule has 1 aromatic carbocycles. The number of rotatable bonds is 4. The van der Waals surface area contributed by atoms with E-state index in [2.05, 4.69) is 20.1 Å². The number of aromatic nitrogens is 4. The van der Waals surface area contributed by atoms with Crippen LogP contribution in [0.5, 0.6) is 6.01 Å². The molecule has 6 rings (SSSR count). The maximum absolute atomic E-state index is 6.49. The Hall–Kier alpha value is -2.94. The fraction of sp³-hybridized carbons (Fsp3) is 0.318. The Bertz CT molecular complexity index is 1260. The van der Waals surface area contributed by atoms with Crippen molar-refractivity contribution in [2.75, 3.05) is 13.2 Å². The molecule has 3 unspecified atom stereocenters. The van der Waals surface area contributed by atoms with Gasteiger partial charge in [0.15, 0.2) is 17.5 Å². The normalized spacial score (nSPS) is 25.2. The van der Waals surface area contributed by atoms with E-state index in [9.17, 15) is 0 Å². The van der Waals surface area contributed by atoms with Gasteiger partial charge in [0, 0.05) is 11.6 Å². The van der Waals surface area contributed by atoms with Crippen molar-refractivity contribution in [3.63, 3.8) is 0 Å². The largest absolute Gasteiger partial charge is 0.456 e. The van der Waals surface area contributed by atoms with Gasteiger partial charge in [-0.1, -0.05) is 47.1 Å². The van der Waals surface area contributed by atoms with Gasteiger partial charge >= 0.3 is 0 Å². The van der Waals surface area contributed by atoms with E-state index in [1.807, 2.05) is 43.3 Å². The Morgan fingerprint density at radius 1 is 1.19 bits per heavy atom. The highest BCUT2D eigenvalue weighted by atomic mass is 35.5. The van der Waals surface area contributed by atoms with E-state index in [1.165, 1.54) is 0 Å². The van der Waals surface area contributed by atoms with Crippen LogP contribution in [-0.4, -0.2) is 51.1 Å². The first-order valence-electron chi connectivity index (χ1n) is 10.1. The number of pyridine rings is 1. The van der Waals surface area contributed by atoms with Crippen LogP contribution in [0.25, 0.3) is 33.9 Å². The van der Waals surface area contributed by atoms with Crippen LogP contribution in [0.4, 0.5) is 0 Å². The van der Waals surface area contributed by atoms with Gasteiger partial charge < -0.3 is 23.7 Å². The number of ether oxygens (including phenoxy) is 3. The summed E-state index contributed by atoms with van der Waals surface area (Å²) in [6.07, 6.45) is 0.670. The molecular formula is C22H19ClN4O4. The summed E-state index contributed by atoms with van der Waals surface area (Å²) >= 11 is 6.49. The first-order valence-corrected chi connectivity index (χ1v) is 10.5. The van der Waals surface area contributed by atoms with Crippen LogP contribution in [0.1, 0.15) is 13.3 Å². The van der Waals surface area contributed by atoms with Gasteiger partial charge in [-0.15, -0.1) is 0 Å². The number of hydrogen-bond acceptors (Lipinski definition) is 7. The SMILES string of the molecule is CC12OCCC1OCC2Oc1nc2nc(-c3cc(-c4ccccc4)no3)c(Cl)cc2[nH]1. The van der Waals surface area contributed by atoms with Crippen molar-refractivity contribution in [1.82, 2.24) is 20.1 Å². The van der Waals surface area contributed by atoms with Gasteiger partial charge in [0.2, 0.25) is 0 Å². The molecule has 2 aliphatic rings. The molecule has 8 nitrogen and oxygen atoms in total. The fourth-order valence-electron chi connectivity index (χ4n) is 4.23. The standard InChI is InChI=1S/C22H19ClN4O4/c1-22-17(7-8-29-22)28-11-18(22)30-21-24-15-9-13(23)19(25-20(15)26-21)16-10-14(27-31-16)12-5-3-2-4-6-12/h2-6,9-10,17-18H,7-8,11H2,1H3,(H,24,25,26). The van der Waals surface area contributed by atoms with Crippen LogP contribution in [0, 0.1) is 0 Å². The molecule has 0 amide bonds. The first-order chi connectivity index (χ1) is 15.1. The minimum absolute atomic E-state index is 0.0475. The lowest BCUT2D eigenvalue weighted by Gasteiger charge is -2.27. The third-order valence-corrected chi connectivity index (χ3v) is 6.28. The Labute approximate surface area is 182 Å². The summed E-state index contributed by atoms with van der Waals surface area (Å²) in [7, 11) is 0. The highest BCUT2D eigenvalue weighted by molar-refractivity contribution is 6.33. The monoisotopic (exact) mass is 438 g/mol. The second-order valence-corrected chi connectivity index (χ2v) is 8.33. The van der Waals surface area contributed by atoms with Gasteiger partial charge in [-0.05, 0) is 19.4 Å². The highest BCUT2D eigenvalue weighted by Gasteiger charge is 2.54. The number of fused-ring (bicyclic) bond motifs is 2. The summed E-state index contributed by atoms with van der Waals surface area (Å²) in [5.74, 6) is 0.468. The van der Waals surface area contributed by atoms with Crippen LogP contribution < -0.4 is 4.74 Å². The Balaban J connectivity index is 1.30. The van der Waals surface area contributed by atoms with E-state index in [0.29, 0.717) is 52.6 Å². The van der Waals surface area contributed by atoms with E-state index < -0.39 is 5.60 Å². The topological polar surface area (TPSA) is 95.3 Å². The van der Waals surface area contributed by atoms with E-state index in [4.69, 9.17) is 30.3 Å². The summed E-state index contributed by atoms with van der Waals surface area (Å²) in [6.45, 7) is 3.15. The first kappa shape index (κ1) is 18.8. The molecule has 2 aliphatic heterocycles. The predicted octanol–water partition coefficient (Wildman–Crippen LogP) is 4.26. The second-order valence-electron chi connectivity index (χ2n) is 7.92. The molecule has 3 aromatic heterocycles. The van der Waals surface area contributed by atoms with Crippen LogP contribution in [0.3, 0.4) is 0 Å². The number of benzene rings is 1. The molecule has 4 aromatic rings. The Kier molecular flexibility index (Phi) is 4.27. The van der Waals surface area contributed by atoms with Gasteiger partial charge in [-0.3, -0.25) is 0 Å². The summed E-state index contributed by atoms with van der Waals surface area (Å²) in [6, 6.07) is 13.7. The molecule has 0 spiro atoms. The maximum Gasteiger partial charge on any atom is 0.296 e.